The molecule has 3 rings (SSSR count). The smallest absolute Gasteiger partial charge is 0.311 e. The van der Waals surface area contributed by atoms with Crippen molar-refractivity contribution in [2.45, 2.75) is 6.42 Å². The highest BCUT2D eigenvalue weighted by Crippen LogP contribution is 2.23. The van der Waals surface area contributed by atoms with Gasteiger partial charge in [-0.25, -0.2) is 0 Å². The fourth-order valence-corrected chi connectivity index (χ4v) is 3.23. The van der Waals surface area contributed by atoms with E-state index in [1.807, 2.05) is 0 Å². The van der Waals surface area contributed by atoms with Gasteiger partial charge >= 0.3 is 5.97 Å². The van der Waals surface area contributed by atoms with E-state index in [1.165, 1.54) is 33.5 Å². The Morgan fingerprint density at radius 3 is 2.15 bits per heavy atom. The van der Waals surface area contributed by atoms with Gasteiger partial charge in [0.2, 0.25) is 5.91 Å². The molecule has 11 heteroatoms. The minimum absolute atomic E-state index is 0.0788. The molecule has 2 aromatic rings. The molecule has 0 spiro atoms. The standard InChI is InChI=1S/C23H25N3O8/c1-31-17-6-4-16(5-7-17)24-20(27)13-34-23(30)15-10-21(28)26(12-15)25-22(29)14-8-18(32-2)11-19(9-14)33-3/h4-9,11,15H,10,12-13H2,1-3H3,(H,24,27)(H,25,29)/t15-/m0/s1. The molecule has 1 aliphatic rings. The summed E-state index contributed by atoms with van der Waals surface area (Å²) in [7, 11) is 4.44. The first kappa shape index (κ1) is 24.4. The third kappa shape index (κ3) is 6.15. The second-order valence-electron chi connectivity index (χ2n) is 7.33. The van der Waals surface area contributed by atoms with Crippen LogP contribution in [-0.2, 0) is 19.1 Å². The Hall–Kier alpha value is -4.28. The summed E-state index contributed by atoms with van der Waals surface area (Å²) >= 11 is 0. The molecule has 0 saturated carbocycles. The lowest BCUT2D eigenvalue weighted by molar-refractivity contribution is -0.151. The number of hydrogen-bond acceptors (Lipinski definition) is 8. The number of amides is 3. The molecule has 0 radical (unpaired) electrons. The molecule has 11 nitrogen and oxygen atoms in total. The van der Waals surface area contributed by atoms with Crippen molar-refractivity contribution in [3.05, 3.63) is 48.0 Å². The Morgan fingerprint density at radius 2 is 1.56 bits per heavy atom. The van der Waals surface area contributed by atoms with Crippen LogP contribution >= 0.6 is 0 Å². The van der Waals surface area contributed by atoms with Gasteiger partial charge in [-0.2, -0.15) is 0 Å². The maximum absolute atomic E-state index is 12.6. The van der Waals surface area contributed by atoms with Crippen LogP contribution in [0.25, 0.3) is 0 Å². The molecule has 2 aromatic carbocycles. The van der Waals surface area contributed by atoms with Crippen LogP contribution in [0.3, 0.4) is 0 Å². The molecular formula is C23H25N3O8. The molecule has 1 saturated heterocycles. The normalized spacial score (nSPS) is 14.9. The summed E-state index contributed by atoms with van der Waals surface area (Å²) in [6.45, 7) is -0.587. The second-order valence-corrected chi connectivity index (χ2v) is 7.33. The van der Waals surface area contributed by atoms with Gasteiger partial charge in [0, 0.05) is 23.7 Å². The number of rotatable bonds is 9. The molecule has 0 unspecified atom stereocenters. The van der Waals surface area contributed by atoms with Crippen molar-refractivity contribution in [3.63, 3.8) is 0 Å². The van der Waals surface area contributed by atoms with Gasteiger partial charge in [0.25, 0.3) is 11.8 Å². The molecular weight excluding hydrogens is 446 g/mol. The number of carbonyl (C=O) groups is 4. The molecule has 0 aliphatic carbocycles. The minimum atomic E-state index is -0.818. The van der Waals surface area contributed by atoms with Gasteiger partial charge in [-0.05, 0) is 36.4 Å². The Labute approximate surface area is 195 Å². The van der Waals surface area contributed by atoms with Gasteiger partial charge in [0.05, 0.1) is 33.8 Å². The number of carbonyl (C=O) groups excluding carboxylic acids is 4. The van der Waals surface area contributed by atoms with E-state index in [4.69, 9.17) is 18.9 Å². The Bertz CT molecular complexity index is 1050. The van der Waals surface area contributed by atoms with Crippen LogP contribution in [0.15, 0.2) is 42.5 Å². The first-order valence-electron chi connectivity index (χ1n) is 10.3. The molecule has 34 heavy (non-hydrogen) atoms. The fourth-order valence-electron chi connectivity index (χ4n) is 3.23. The van der Waals surface area contributed by atoms with Gasteiger partial charge in [-0.3, -0.25) is 29.6 Å². The van der Waals surface area contributed by atoms with E-state index in [-0.39, 0.29) is 18.5 Å². The van der Waals surface area contributed by atoms with E-state index in [0.717, 1.165) is 5.01 Å². The van der Waals surface area contributed by atoms with Crippen LogP contribution in [0.5, 0.6) is 17.2 Å². The predicted octanol–water partition coefficient (Wildman–Crippen LogP) is 1.39. The maximum atomic E-state index is 12.6. The summed E-state index contributed by atoms with van der Waals surface area (Å²) in [6, 6.07) is 11.2. The maximum Gasteiger partial charge on any atom is 0.311 e. The third-order valence-electron chi connectivity index (χ3n) is 5.03. The summed E-state index contributed by atoms with van der Waals surface area (Å²) in [4.78, 5) is 49.3. The van der Waals surface area contributed by atoms with Crippen molar-refractivity contribution in [2.75, 3.05) is 39.8 Å². The Morgan fingerprint density at radius 1 is 0.941 bits per heavy atom. The lowest BCUT2D eigenvalue weighted by atomic mass is 10.1. The Balaban J connectivity index is 1.50. The predicted molar refractivity (Wildman–Crippen MR) is 119 cm³/mol. The average Bonchev–Trinajstić information content (AvgIpc) is 3.22. The first-order chi connectivity index (χ1) is 16.3. The molecule has 180 valence electrons. The number of ether oxygens (including phenoxy) is 4. The van der Waals surface area contributed by atoms with Crippen molar-refractivity contribution >= 4 is 29.4 Å². The van der Waals surface area contributed by atoms with E-state index in [2.05, 4.69) is 10.7 Å². The number of hydrogen-bond donors (Lipinski definition) is 2. The number of anilines is 1. The van der Waals surface area contributed by atoms with E-state index in [1.54, 1.807) is 30.3 Å². The average molecular weight is 471 g/mol. The number of nitrogens with zero attached hydrogens (tertiary/aromatic N) is 1. The van der Waals surface area contributed by atoms with E-state index < -0.39 is 36.2 Å². The SMILES string of the molecule is COc1ccc(NC(=O)COC(=O)[C@H]2CC(=O)N(NC(=O)c3cc(OC)cc(OC)c3)C2)cc1. The van der Waals surface area contributed by atoms with Crippen LogP contribution in [0.2, 0.25) is 0 Å². The topological polar surface area (TPSA) is 132 Å². The van der Waals surface area contributed by atoms with Crippen LogP contribution < -0.4 is 25.0 Å². The third-order valence-corrected chi connectivity index (χ3v) is 5.03. The van der Waals surface area contributed by atoms with E-state index >= 15 is 0 Å². The molecule has 0 bridgehead atoms. The van der Waals surface area contributed by atoms with Crippen molar-refractivity contribution in [1.82, 2.24) is 10.4 Å². The van der Waals surface area contributed by atoms with Crippen molar-refractivity contribution in [3.8, 4) is 17.2 Å². The van der Waals surface area contributed by atoms with Crippen LogP contribution in [0.1, 0.15) is 16.8 Å². The second kappa shape index (κ2) is 11.0. The zero-order valence-corrected chi connectivity index (χ0v) is 19.0. The van der Waals surface area contributed by atoms with Gasteiger partial charge in [0.1, 0.15) is 17.2 Å². The highest BCUT2D eigenvalue weighted by molar-refractivity contribution is 5.97. The van der Waals surface area contributed by atoms with Gasteiger partial charge < -0.3 is 24.3 Å². The Kier molecular flexibility index (Phi) is 7.91. The zero-order chi connectivity index (χ0) is 24.7. The van der Waals surface area contributed by atoms with Crippen LogP contribution in [-0.4, -0.2) is 63.2 Å². The number of hydrazine groups is 1. The van der Waals surface area contributed by atoms with E-state index in [0.29, 0.717) is 22.9 Å². The van der Waals surface area contributed by atoms with Gasteiger partial charge in [0.15, 0.2) is 6.61 Å². The molecule has 3 amide bonds. The summed E-state index contributed by atoms with van der Waals surface area (Å²) < 4.78 is 20.4. The molecule has 2 N–H and O–H groups in total. The first-order valence-corrected chi connectivity index (χ1v) is 10.3. The monoisotopic (exact) mass is 471 g/mol. The fraction of sp³-hybridized carbons (Fsp3) is 0.304. The summed E-state index contributed by atoms with van der Waals surface area (Å²) in [5, 5.41) is 3.65. The lowest BCUT2D eigenvalue weighted by Gasteiger charge is -2.18. The molecule has 0 aromatic heterocycles. The van der Waals surface area contributed by atoms with Crippen LogP contribution in [0.4, 0.5) is 5.69 Å². The largest absolute Gasteiger partial charge is 0.497 e. The number of nitrogens with one attached hydrogen (secondary N) is 2. The van der Waals surface area contributed by atoms with Crippen molar-refractivity contribution in [2.24, 2.45) is 5.92 Å². The van der Waals surface area contributed by atoms with Crippen molar-refractivity contribution < 1.29 is 38.1 Å². The summed E-state index contributed by atoms with van der Waals surface area (Å²) in [6.07, 6.45) is -0.152. The summed E-state index contributed by atoms with van der Waals surface area (Å²) in [5.41, 5.74) is 3.20. The quantitative estimate of drug-likeness (QED) is 0.525. The number of methoxy groups -OCH3 is 3. The number of benzene rings is 2. The van der Waals surface area contributed by atoms with E-state index in [9.17, 15) is 19.2 Å². The van der Waals surface area contributed by atoms with Gasteiger partial charge in [-0.15, -0.1) is 0 Å². The summed E-state index contributed by atoms with van der Waals surface area (Å²) in [5.74, 6) is -1.62. The number of esters is 1. The molecule has 1 atom stereocenters. The zero-order valence-electron chi connectivity index (χ0n) is 19.0. The molecule has 1 heterocycles. The molecule has 1 fully saturated rings. The highest BCUT2D eigenvalue weighted by atomic mass is 16.5. The van der Waals surface area contributed by atoms with Gasteiger partial charge in [-0.1, -0.05) is 0 Å². The van der Waals surface area contributed by atoms with Crippen molar-refractivity contribution in [1.29, 1.82) is 0 Å². The van der Waals surface area contributed by atoms with Crippen LogP contribution in [0, 0.1) is 5.92 Å². The highest BCUT2D eigenvalue weighted by Gasteiger charge is 2.36. The molecule has 1 aliphatic heterocycles. The minimum Gasteiger partial charge on any atom is -0.497 e. The lowest BCUT2D eigenvalue weighted by Crippen LogP contribution is -2.43.